The van der Waals surface area contributed by atoms with E-state index in [0.29, 0.717) is 19.7 Å². The average Bonchev–Trinajstić information content (AvgIpc) is 2.56. The number of hydrogen-bond acceptors (Lipinski definition) is 4. The summed E-state index contributed by atoms with van der Waals surface area (Å²) in [7, 11) is 0. The van der Waals surface area contributed by atoms with Crippen molar-refractivity contribution >= 4 is 11.7 Å². The number of amides is 2. The third-order valence-corrected chi connectivity index (χ3v) is 3.70. The van der Waals surface area contributed by atoms with Crippen molar-refractivity contribution in [2.75, 3.05) is 25.0 Å². The molecular formula is C16H20F4N2O4. The summed E-state index contributed by atoms with van der Waals surface area (Å²) >= 11 is 0. The Balaban J connectivity index is 2.09. The Morgan fingerprint density at radius 1 is 1.27 bits per heavy atom. The Kier molecular flexibility index (Phi) is 7.31. The van der Waals surface area contributed by atoms with Crippen molar-refractivity contribution in [3.63, 3.8) is 0 Å². The van der Waals surface area contributed by atoms with E-state index in [4.69, 9.17) is 4.74 Å². The van der Waals surface area contributed by atoms with Crippen LogP contribution in [0.3, 0.4) is 0 Å². The Hall–Kier alpha value is -2.23. The van der Waals surface area contributed by atoms with E-state index in [1.165, 1.54) is 4.90 Å². The predicted molar refractivity (Wildman–Crippen MR) is 84.9 cm³/mol. The monoisotopic (exact) mass is 380 g/mol. The van der Waals surface area contributed by atoms with Crippen LogP contribution >= 0.6 is 0 Å². The molecule has 10 heteroatoms. The molecule has 0 aromatic heterocycles. The van der Waals surface area contributed by atoms with Crippen LogP contribution in [0, 0.1) is 0 Å². The first kappa shape index (κ1) is 20.1. The van der Waals surface area contributed by atoms with Crippen molar-refractivity contribution in [2.45, 2.75) is 39.1 Å². The highest BCUT2D eigenvalue weighted by molar-refractivity contribution is 5.91. The number of ether oxygens (including phenoxy) is 3. The van der Waals surface area contributed by atoms with E-state index >= 15 is 0 Å². The van der Waals surface area contributed by atoms with Gasteiger partial charge in [0, 0.05) is 25.8 Å². The molecule has 1 saturated heterocycles. The molecule has 0 radical (unpaired) electrons. The van der Waals surface area contributed by atoms with Gasteiger partial charge in [-0.2, -0.15) is 17.6 Å². The first-order valence-corrected chi connectivity index (χ1v) is 8.10. The number of rotatable bonds is 7. The molecule has 1 atom stereocenters. The van der Waals surface area contributed by atoms with E-state index in [0.717, 1.165) is 31.0 Å². The predicted octanol–water partition coefficient (Wildman–Crippen LogP) is 3.92. The van der Waals surface area contributed by atoms with Crippen LogP contribution in [0.5, 0.6) is 11.5 Å². The Labute approximate surface area is 148 Å². The number of halogens is 4. The number of hydrogen-bond donors (Lipinski definition) is 1. The highest BCUT2D eigenvalue weighted by Crippen LogP contribution is 2.32. The summed E-state index contributed by atoms with van der Waals surface area (Å²) in [6.45, 7) is -3.05. The van der Waals surface area contributed by atoms with E-state index in [9.17, 15) is 22.4 Å². The van der Waals surface area contributed by atoms with Crippen LogP contribution in [0.25, 0.3) is 0 Å². The van der Waals surface area contributed by atoms with Gasteiger partial charge in [0.2, 0.25) is 0 Å². The van der Waals surface area contributed by atoms with Gasteiger partial charge in [-0.15, -0.1) is 0 Å². The molecule has 1 aliphatic rings. The van der Waals surface area contributed by atoms with Gasteiger partial charge in [-0.25, -0.2) is 4.79 Å². The van der Waals surface area contributed by atoms with Gasteiger partial charge in [0.15, 0.2) is 5.75 Å². The fourth-order valence-electron chi connectivity index (χ4n) is 2.66. The van der Waals surface area contributed by atoms with Crippen LogP contribution in [0.15, 0.2) is 18.2 Å². The summed E-state index contributed by atoms with van der Waals surface area (Å²) in [4.78, 5) is 13.9. The number of benzene rings is 1. The molecule has 1 unspecified atom stereocenters. The van der Waals surface area contributed by atoms with Crippen molar-refractivity contribution in [1.29, 1.82) is 0 Å². The maximum Gasteiger partial charge on any atom is 0.387 e. The van der Waals surface area contributed by atoms with Crippen LogP contribution in [0.2, 0.25) is 0 Å². The Morgan fingerprint density at radius 3 is 2.65 bits per heavy atom. The van der Waals surface area contributed by atoms with Crippen LogP contribution in [-0.4, -0.2) is 50.0 Å². The van der Waals surface area contributed by atoms with E-state index in [1.54, 1.807) is 0 Å². The number of urea groups is 1. The lowest BCUT2D eigenvalue weighted by atomic mass is 10.1. The minimum Gasteiger partial charge on any atom is -0.435 e. The van der Waals surface area contributed by atoms with Gasteiger partial charge in [0.05, 0.1) is 11.8 Å². The van der Waals surface area contributed by atoms with E-state index < -0.39 is 25.0 Å². The summed E-state index contributed by atoms with van der Waals surface area (Å²) < 4.78 is 63.6. The maximum absolute atomic E-state index is 12.6. The molecule has 146 valence electrons. The molecule has 0 bridgehead atoms. The molecule has 1 aromatic carbocycles. The zero-order chi connectivity index (χ0) is 19.1. The molecule has 2 amide bonds. The molecule has 2 rings (SSSR count). The molecule has 1 fully saturated rings. The number of likely N-dealkylation sites (tertiary alicyclic amines) is 1. The van der Waals surface area contributed by atoms with Gasteiger partial charge in [-0.05, 0) is 31.9 Å². The van der Waals surface area contributed by atoms with Gasteiger partial charge >= 0.3 is 19.3 Å². The SMILES string of the molecule is CCOC1CCCN(C(=O)Nc2ccc(OC(F)F)cc2OC(F)F)C1. The van der Waals surface area contributed by atoms with Crippen LogP contribution < -0.4 is 14.8 Å². The first-order valence-electron chi connectivity index (χ1n) is 8.10. The largest absolute Gasteiger partial charge is 0.435 e. The van der Waals surface area contributed by atoms with Crippen molar-refractivity contribution in [1.82, 2.24) is 4.90 Å². The van der Waals surface area contributed by atoms with Gasteiger partial charge in [-0.3, -0.25) is 0 Å². The second kappa shape index (κ2) is 9.46. The normalized spacial score (nSPS) is 17.5. The first-order chi connectivity index (χ1) is 12.4. The van der Waals surface area contributed by atoms with E-state index in [-0.39, 0.29) is 17.5 Å². The van der Waals surface area contributed by atoms with Gasteiger partial charge in [-0.1, -0.05) is 0 Å². The summed E-state index contributed by atoms with van der Waals surface area (Å²) in [5.74, 6) is -0.826. The third-order valence-electron chi connectivity index (χ3n) is 3.70. The third kappa shape index (κ3) is 5.94. The minimum atomic E-state index is -3.19. The zero-order valence-corrected chi connectivity index (χ0v) is 14.1. The van der Waals surface area contributed by atoms with Crippen molar-refractivity contribution in [3.8, 4) is 11.5 Å². The Bertz CT molecular complexity index is 602. The molecular weight excluding hydrogens is 360 g/mol. The second-order valence-electron chi connectivity index (χ2n) is 5.51. The molecule has 6 nitrogen and oxygen atoms in total. The lowest BCUT2D eigenvalue weighted by Crippen LogP contribution is -2.45. The smallest absolute Gasteiger partial charge is 0.387 e. The zero-order valence-electron chi connectivity index (χ0n) is 14.1. The van der Waals surface area contributed by atoms with Gasteiger partial charge in [0.25, 0.3) is 0 Å². The van der Waals surface area contributed by atoms with Gasteiger partial charge < -0.3 is 24.4 Å². The van der Waals surface area contributed by atoms with E-state index in [1.807, 2.05) is 6.92 Å². The highest BCUT2D eigenvalue weighted by atomic mass is 19.3. The number of anilines is 1. The topological polar surface area (TPSA) is 60.0 Å². The van der Waals surface area contributed by atoms with Crippen molar-refractivity contribution in [3.05, 3.63) is 18.2 Å². The molecule has 1 heterocycles. The van der Waals surface area contributed by atoms with Crippen molar-refractivity contribution < 1.29 is 36.6 Å². The standard InChI is InChI=1S/C16H20F4N2O4/c1-2-24-11-4-3-7-22(9-11)16(23)21-12-6-5-10(25-14(17)18)8-13(12)26-15(19)20/h5-6,8,11,14-15H,2-4,7,9H2,1H3,(H,21,23). The van der Waals surface area contributed by atoms with Crippen LogP contribution in [0.4, 0.5) is 28.0 Å². The fraction of sp³-hybridized carbons (Fsp3) is 0.562. The number of carbonyl (C=O) groups is 1. The van der Waals surface area contributed by atoms with E-state index in [2.05, 4.69) is 14.8 Å². The lowest BCUT2D eigenvalue weighted by molar-refractivity contribution is -0.0539. The number of nitrogens with zero attached hydrogens (tertiary/aromatic N) is 1. The summed E-state index contributed by atoms with van der Waals surface area (Å²) in [6, 6.07) is 2.64. The number of nitrogens with one attached hydrogen (secondary N) is 1. The molecule has 0 aliphatic carbocycles. The molecule has 26 heavy (non-hydrogen) atoms. The molecule has 1 N–H and O–H groups in total. The van der Waals surface area contributed by atoms with Crippen molar-refractivity contribution in [2.24, 2.45) is 0 Å². The summed E-state index contributed by atoms with van der Waals surface area (Å²) in [5.41, 5.74) is -0.0737. The number of piperidine rings is 1. The number of alkyl halides is 4. The quantitative estimate of drug-likeness (QED) is 0.729. The number of carbonyl (C=O) groups excluding carboxylic acids is 1. The molecule has 0 spiro atoms. The summed E-state index contributed by atoms with van der Waals surface area (Å²) in [6.07, 6.45) is 1.49. The maximum atomic E-state index is 12.6. The lowest BCUT2D eigenvalue weighted by Gasteiger charge is -2.32. The van der Waals surface area contributed by atoms with Crippen LogP contribution in [0.1, 0.15) is 19.8 Å². The highest BCUT2D eigenvalue weighted by Gasteiger charge is 2.25. The molecule has 1 aliphatic heterocycles. The Morgan fingerprint density at radius 2 is 2.00 bits per heavy atom. The van der Waals surface area contributed by atoms with Gasteiger partial charge in [0.1, 0.15) is 5.75 Å². The fourth-order valence-corrected chi connectivity index (χ4v) is 2.66. The minimum absolute atomic E-state index is 0.0737. The average molecular weight is 380 g/mol. The second-order valence-corrected chi connectivity index (χ2v) is 5.51. The molecule has 0 saturated carbocycles. The molecule has 1 aromatic rings. The van der Waals surface area contributed by atoms with Crippen LogP contribution in [-0.2, 0) is 4.74 Å². The summed E-state index contributed by atoms with van der Waals surface area (Å²) in [5, 5.41) is 2.46.